The van der Waals surface area contributed by atoms with Crippen LogP contribution >= 0.6 is 0 Å². The molecule has 0 aliphatic heterocycles. The van der Waals surface area contributed by atoms with E-state index in [1.807, 2.05) is 34.4 Å². The second kappa shape index (κ2) is 6.97. The van der Waals surface area contributed by atoms with Crippen molar-refractivity contribution in [1.29, 1.82) is 0 Å². The smallest absolute Gasteiger partial charge is 0.273 e. The van der Waals surface area contributed by atoms with Crippen molar-refractivity contribution in [2.45, 2.75) is 45.8 Å². The second-order valence-electron chi connectivity index (χ2n) is 7.85. The van der Waals surface area contributed by atoms with Gasteiger partial charge in [0.25, 0.3) is 5.65 Å². The number of rotatable bonds is 6. The maximum atomic E-state index is 11.4. The number of nitrogens with zero attached hydrogens (tertiary/aromatic N) is 3. The van der Waals surface area contributed by atoms with Crippen LogP contribution in [0.2, 0.25) is 0 Å². The zero-order valence-electron chi connectivity index (χ0n) is 16.3. The van der Waals surface area contributed by atoms with E-state index in [4.69, 9.17) is 0 Å². The number of fused-ring (bicyclic) bond motifs is 1. The second-order valence-corrected chi connectivity index (χ2v) is 9.59. The molecule has 0 amide bonds. The Hall–Kier alpha value is -2.39. The summed E-state index contributed by atoms with van der Waals surface area (Å²) in [5.41, 5.74) is 3.54. The van der Waals surface area contributed by atoms with Gasteiger partial charge in [-0.1, -0.05) is 42.5 Å². The van der Waals surface area contributed by atoms with Crippen LogP contribution in [-0.2, 0) is 22.0 Å². The lowest BCUT2D eigenvalue weighted by Gasteiger charge is -2.14. The van der Waals surface area contributed by atoms with Crippen LogP contribution in [0.25, 0.3) is 5.65 Å². The molecule has 0 aliphatic carbocycles. The Bertz CT molecular complexity index is 1050. The average molecular weight is 392 g/mol. The van der Waals surface area contributed by atoms with E-state index in [2.05, 4.69) is 47.0 Å². The zero-order valence-corrected chi connectivity index (χ0v) is 17.1. The molecular weight excluding hydrogens is 364 g/mol. The molecule has 3 rings (SSSR count). The maximum Gasteiger partial charge on any atom is 0.273 e. The highest BCUT2D eigenvalue weighted by atomic mass is 32.2. The van der Waals surface area contributed by atoms with Crippen molar-refractivity contribution < 1.29 is 13.1 Å². The third-order valence-corrected chi connectivity index (χ3v) is 4.90. The van der Waals surface area contributed by atoms with Crippen molar-refractivity contribution in [2.75, 3.05) is 11.0 Å². The number of nitrogens with one attached hydrogen (secondary N) is 3. The number of benzene rings is 1. The molecule has 1 atom stereocenters. The zero-order chi connectivity index (χ0) is 19.8. The Kier molecular flexibility index (Phi) is 5.00. The quantitative estimate of drug-likeness (QED) is 0.560. The number of sulfonamides is 1. The fourth-order valence-electron chi connectivity index (χ4n) is 2.81. The summed E-state index contributed by atoms with van der Waals surface area (Å²) in [5.74, 6) is 0. The summed E-state index contributed by atoms with van der Waals surface area (Å²) in [6, 6.07) is 9.40. The van der Waals surface area contributed by atoms with Crippen LogP contribution in [-0.4, -0.2) is 29.4 Å². The van der Waals surface area contributed by atoms with Gasteiger partial charge in [-0.05, 0) is 24.6 Å². The summed E-state index contributed by atoms with van der Waals surface area (Å²) in [5, 5.41) is 6.83. The highest BCUT2D eigenvalue weighted by Gasteiger charge is 2.24. The third kappa shape index (κ3) is 4.67. The van der Waals surface area contributed by atoms with Crippen LogP contribution in [0.4, 0.5) is 5.69 Å². The molecule has 8 nitrogen and oxygen atoms in total. The van der Waals surface area contributed by atoms with E-state index in [9.17, 15) is 8.42 Å². The number of hydrogen-bond acceptors (Lipinski definition) is 4. The van der Waals surface area contributed by atoms with Crippen LogP contribution in [0.1, 0.15) is 45.1 Å². The molecule has 0 spiro atoms. The molecule has 0 saturated carbocycles. The Labute approximate surface area is 159 Å². The van der Waals surface area contributed by atoms with E-state index in [0.29, 0.717) is 12.2 Å². The lowest BCUT2D eigenvalue weighted by atomic mass is 9.93. The molecule has 3 aromatic rings. The Morgan fingerprint density at radius 1 is 1.30 bits per heavy atom. The first-order valence-corrected chi connectivity index (χ1v) is 10.7. The predicted molar refractivity (Wildman–Crippen MR) is 105 cm³/mol. The van der Waals surface area contributed by atoms with Crippen molar-refractivity contribution in [3.8, 4) is 0 Å². The monoisotopic (exact) mass is 391 g/mol. The molecule has 9 heteroatoms. The molecule has 0 radical (unpaired) electrons. The summed E-state index contributed by atoms with van der Waals surface area (Å²) in [6.07, 6.45) is 2.92. The molecule has 1 unspecified atom stereocenters. The Balaban J connectivity index is 1.73. The van der Waals surface area contributed by atoms with Gasteiger partial charge in [0.2, 0.25) is 16.4 Å². The molecule has 0 aliphatic rings. The van der Waals surface area contributed by atoms with E-state index in [1.165, 1.54) is 0 Å². The van der Waals surface area contributed by atoms with Crippen LogP contribution in [0, 0.1) is 0 Å². The van der Waals surface area contributed by atoms with Crippen molar-refractivity contribution in [2.24, 2.45) is 0 Å². The minimum absolute atomic E-state index is 0.0157. The van der Waals surface area contributed by atoms with Gasteiger partial charge in [-0.3, -0.25) is 10.0 Å². The van der Waals surface area contributed by atoms with E-state index in [-0.39, 0.29) is 11.6 Å². The van der Waals surface area contributed by atoms with Crippen LogP contribution in [0.5, 0.6) is 0 Å². The van der Waals surface area contributed by atoms with Crippen LogP contribution in [0.15, 0.2) is 36.7 Å². The Morgan fingerprint density at radius 2 is 2.04 bits per heavy atom. The molecule has 0 bridgehead atoms. The number of aromatic nitrogens is 4. The van der Waals surface area contributed by atoms with Crippen LogP contribution in [0.3, 0.4) is 0 Å². The summed E-state index contributed by atoms with van der Waals surface area (Å²) in [4.78, 5) is 4.46. The van der Waals surface area contributed by atoms with Gasteiger partial charge in [0.05, 0.1) is 6.26 Å². The normalized spacial score (nSPS) is 13.8. The van der Waals surface area contributed by atoms with E-state index in [1.54, 1.807) is 12.4 Å². The summed E-state index contributed by atoms with van der Waals surface area (Å²) < 4.78 is 29.2. The van der Waals surface area contributed by atoms with Gasteiger partial charge in [-0.25, -0.2) is 13.5 Å². The van der Waals surface area contributed by atoms with Gasteiger partial charge in [0.15, 0.2) is 0 Å². The summed E-state index contributed by atoms with van der Waals surface area (Å²) in [6.45, 7) is 9.10. The number of anilines is 1. The van der Waals surface area contributed by atoms with Gasteiger partial charge in [0.1, 0.15) is 11.9 Å². The number of aromatic amines is 1. The molecule has 2 aromatic heterocycles. The molecular formula is C18H27N6O2S+. The maximum absolute atomic E-state index is 11.4. The lowest BCUT2D eigenvalue weighted by molar-refractivity contribution is -0.791. The molecule has 3 N–H and O–H groups in total. The number of hydrogen-bond donors (Lipinski definition) is 3. The molecule has 0 fully saturated rings. The first kappa shape index (κ1) is 19.4. The van der Waals surface area contributed by atoms with Gasteiger partial charge in [-0.15, -0.1) is 4.68 Å². The van der Waals surface area contributed by atoms with Gasteiger partial charge < -0.3 is 0 Å². The highest BCUT2D eigenvalue weighted by Crippen LogP contribution is 2.20. The minimum Gasteiger partial charge on any atom is -0.284 e. The van der Waals surface area contributed by atoms with Gasteiger partial charge >= 0.3 is 0 Å². The summed E-state index contributed by atoms with van der Waals surface area (Å²) >= 11 is 0. The SMILES string of the molecule is CC(NCc1cccc(NS(C)(=O)=O)c1)[n+]1cnc2cc(C(C)(C)C)[nH]n21. The first-order chi connectivity index (χ1) is 12.5. The minimum atomic E-state index is -3.29. The van der Waals surface area contributed by atoms with Gasteiger partial charge in [-0.2, -0.15) is 0 Å². The fourth-order valence-corrected chi connectivity index (χ4v) is 3.36. The lowest BCUT2D eigenvalue weighted by Crippen LogP contribution is -2.49. The molecule has 1 aromatic carbocycles. The molecule has 146 valence electrons. The van der Waals surface area contributed by atoms with Crippen molar-refractivity contribution in [3.63, 3.8) is 0 Å². The first-order valence-electron chi connectivity index (χ1n) is 8.81. The van der Waals surface area contributed by atoms with E-state index in [0.717, 1.165) is 23.2 Å². The van der Waals surface area contributed by atoms with Gasteiger partial charge in [0, 0.05) is 23.7 Å². The van der Waals surface area contributed by atoms with Crippen molar-refractivity contribution >= 4 is 21.4 Å². The highest BCUT2D eigenvalue weighted by molar-refractivity contribution is 7.92. The predicted octanol–water partition coefficient (Wildman–Crippen LogP) is 1.93. The fraction of sp³-hybridized carbons (Fsp3) is 0.444. The topological polar surface area (TPSA) is 95.2 Å². The average Bonchev–Trinajstić information content (AvgIpc) is 3.11. The standard InChI is InChI=1S/C18H26N6O2S/c1-13(19-11-14-7-6-8-15(9-14)22-27(5,25)26)23-12-20-17-10-16(18(2,3)4)21-24(17)23/h6-10,12-13,19,22H,11H2,1-5H3/p+1. The molecule has 0 saturated heterocycles. The summed E-state index contributed by atoms with van der Waals surface area (Å²) in [7, 11) is -3.29. The molecule has 2 heterocycles. The Morgan fingerprint density at radius 3 is 2.70 bits per heavy atom. The largest absolute Gasteiger partial charge is 0.284 e. The number of H-pyrrole nitrogens is 1. The van der Waals surface area contributed by atoms with Crippen LogP contribution < -0.4 is 14.7 Å². The third-order valence-electron chi connectivity index (χ3n) is 4.29. The van der Waals surface area contributed by atoms with Crippen molar-refractivity contribution in [3.05, 3.63) is 47.9 Å². The van der Waals surface area contributed by atoms with E-state index < -0.39 is 10.0 Å². The van der Waals surface area contributed by atoms with Crippen molar-refractivity contribution in [1.82, 2.24) is 20.0 Å². The van der Waals surface area contributed by atoms with E-state index >= 15 is 0 Å². The molecule has 27 heavy (non-hydrogen) atoms.